The van der Waals surface area contributed by atoms with Crippen molar-refractivity contribution < 1.29 is 22.5 Å². The lowest BCUT2D eigenvalue weighted by Gasteiger charge is -2.36. The second kappa shape index (κ2) is 13.2. The maximum absolute atomic E-state index is 12.7. The Morgan fingerprint density at radius 2 is 1.45 bits per heavy atom. The Kier molecular flexibility index (Phi) is 13.1. The molecular weight excluding hydrogens is 402 g/mol. The SMILES string of the molecule is CCO[Si](CCCN(CC)CC(C)C(=O)O[Si](C)(C)C(C)(C)C)(OCC)OCC. The van der Waals surface area contributed by atoms with Gasteiger partial charge in [-0.15, -0.1) is 0 Å². The van der Waals surface area contributed by atoms with E-state index in [0.29, 0.717) is 26.4 Å². The first-order valence-electron chi connectivity index (χ1n) is 11.2. The maximum atomic E-state index is 12.7. The van der Waals surface area contributed by atoms with E-state index in [-0.39, 0.29) is 16.9 Å². The molecule has 0 aliphatic carbocycles. The molecule has 0 aromatic heterocycles. The van der Waals surface area contributed by atoms with Crippen molar-refractivity contribution in [1.82, 2.24) is 4.90 Å². The minimum absolute atomic E-state index is 0.0264. The van der Waals surface area contributed by atoms with Crippen LogP contribution in [0.3, 0.4) is 0 Å². The van der Waals surface area contributed by atoms with E-state index in [0.717, 1.165) is 25.6 Å². The fourth-order valence-electron chi connectivity index (χ4n) is 2.87. The van der Waals surface area contributed by atoms with Gasteiger partial charge in [0.1, 0.15) is 0 Å². The third-order valence-corrected chi connectivity index (χ3v) is 13.1. The molecule has 8 heteroatoms. The molecule has 0 fully saturated rings. The van der Waals surface area contributed by atoms with Crippen LogP contribution >= 0.6 is 0 Å². The van der Waals surface area contributed by atoms with Gasteiger partial charge >= 0.3 is 8.80 Å². The largest absolute Gasteiger partial charge is 0.519 e. The molecule has 0 aromatic rings. The Labute approximate surface area is 182 Å². The van der Waals surface area contributed by atoms with E-state index >= 15 is 0 Å². The predicted molar refractivity (Wildman–Crippen MR) is 125 cm³/mol. The first kappa shape index (κ1) is 28.7. The van der Waals surface area contributed by atoms with E-state index < -0.39 is 17.1 Å². The maximum Gasteiger partial charge on any atom is 0.500 e. The fraction of sp³-hybridized carbons (Fsp3) is 0.952. The fourth-order valence-corrected chi connectivity index (χ4v) is 6.47. The number of nitrogens with zero attached hydrogens (tertiary/aromatic N) is 1. The van der Waals surface area contributed by atoms with Gasteiger partial charge in [0.2, 0.25) is 0 Å². The van der Waals surface area contributed by atoms with Crippen molar-refractivity contribution in [3.8, 4) is 0 Å². The normalized spacial score (nSPS) is 14.3. The molecule has 0 bridgehead atoms. The molecule has 0 saturated heterocycles. The summed E-state index contributed by atoms with van der Waals surface area (Å²) in [6.07, 6.45) is 0.921. The van der Waals surface area contributed by atoms with E-state index in [4.69, 9.17) is 17.7 Å². The standard InChI is InChI=1S/C21H47NO5Si2/c1-11-22(16-15-17-29(24-12-2,25-13-3)26-14-4)18-19(5)20(23)27-28(9,10)21(6,7)8/h19H,11-18H2,1-10H3. The van der Waals surface area contributed by atoms with Crippen LogP contribution in [-0.2, 0) is 22.5 Å². The van der Waals surface area contributed by atoms with E-state index in [9.17, 15) is 4.79 Å². The van der Waals surface area contributed by atoms with Gasteiger partial charge in [-0.2, -0.15) is 0 Å². The molecule has 0 rings (SSSR count). The molecule has 1 atom stereocenters. The van der Waals surface area contributed by atoms with Crippen LogP contribution in [0.25, 0.3) is 0 Å². The van der Waals surface area contributed by atoms with Gasteiger partial charge in [-0.3, -0.25) is 4.79 Å². The van der Waals surface area contributed by atoms with Crippen LogP contribution in [0.5, 0.6) is 0 Å². The summed E-state index contributed by atoms with van der Waals surface area (Å²) < 4.78 is 23.8. The van der Waals surface area contributed by atoms with E-state index in [1.54, 1.807) is 0 Å². The molecule has 0 aromatic carbocycles. The average Bonchev–Trinajstić information content (AvgIpc) is 2.60. The van der Waals surface area contributed by atoms with Crippen LogP contribution in [0.4, 0.5) is 0 Å². The number of hydrogen-bond donors (Lipinski definition) is 0. The summed E-state index contributed by atoms with van der Waals surface area (Å²) in [7, 11) is -4.68. The Bertz CT molecular complexity index is 451. The van der Waals surface area contributed by atoms with Gasteiger partial charge in [0, 0.05) is 32.4 Å². The van der Waals surface area contributed by atoms with Crippen molar-refractivity contribution in [2.24, 2.45) is 5.92 Å². The molecular formula is C21H47NO5Si2. The molecule has 0 amide bonds. The molecule has 174 valence electrons. The summed E-state index contributed by atoms with van der Waals surface area (Å²) in [6, 6.07) is 0.793. The zero-order valence-electron chi connectivity index (χ0n) is 20.7. The zero-order valence-corrected chi connectivity index (χ0v) is 22.7. The Balaban J connectivity index is 4.77. The summed E-state index contributed by atoms with van der Waals surface area (Å²) >= 11 is 0. The van der Waals surface area contributed by atoms with Crippen molar-refractivity contribution in [3.05, 3.63) is 0 Å². The minimum atomic E-state index is -2.60. The lowest BCUT2D eigenvalue weighted by Crippen LogP contribution is -2.47. The van der Waals surface area contributed by atoms with Crippen molar-refractivity contribution >= 4 is 23.1 Å². The Morgan fingerprint density at radius 3 is 1.83 bits per heavy atom. The monoisotopic (exact) mass is 449 g/mol. The Hall–Kier alpha value is -0.256. The molecule has 0 saturated carbocycles. The highest BCUT2D eigenvalue weighted by atomic mass is 28.4. The van der Waals surface area contributed by atoms with Crippen molar-refractivity contribution in [1.29, 1.82) is 0 Å². The van der Waals surface area contributed by atoms with E-state index in [2.05, 4.69) is 45.7 Å². The topological polar surface area (TPSA) is 57.2 Å². The average molecular weight is 450 g/mol. The van der Waals surface area contributed by atoms with Gasteiger partial charge in [-0.25, -0.2) is 0 Å². The summed E-state index contributed by atoms with van der Waals surface area (Å²) in [5.74, 6) is -0.214. The third-order valence-electron chi connectivity index (χ3n) is 5.59. The van der Waals surface area contributed by atoms with Crippen molar-refractivity contribution in [2.75, 3.05) is 39.5 Å². The van der Waals surface area contributed by atoms with Crippen LogP contribution in [0.15, 0.2) is 0 Å². The van der Waals surface area contributed by atoms with Crippen LogP contribution in [-0.4, -0.2) is 67.4 Å². The summed E-state index contributed by atoms with van der Waals surface area (Å²) in [4.78, 5) is 15.0. The lowest BCUT2D eigenvalue weighted by molar-refractivity contribution is -0.140. The van der Waals surface area contributed by atoms with Gasteiger partial charge in [-0.1, -0.05) is 34.6 Å². The van der Waals surface area contributed by atoms with Gasteiger partial charge in [0.15, 0.2) is 0 Å². The molecule has 0 radical (unpaired) electrons. The lowest BCUT2D eigenvalue weighted by atomic mass is 10.1. The molecule has 6 nitrogen and oxygen atoms in total. The highest BCUT2D eigenvalue weighted by Crippen LogP contribution is 2.37. The van der Waals surface area contributed by atoms with Crippen molar-refractivity contribution in [2.45, 2.75) is 86.0 Å². The molecule has 1 unspecified atom stereocenters. The van der Waals surface area contributed by atoms with Gasteiger partial charge in [-0.05, 0) is 58.4 Å². The summed E-state index contributed by atoms with van der Waals surface area (Å²) in [5.41, 5.74) is 0. The van der Waals surface area contributed by atoms with Crippen molar-refractivity contribution in [3.63, 3.8) is 0 Å². The second-order valence-corrected chi connectivity index (χ2v) is 16.5. The minimum Gasteiger partial charge on any atom is -0.519 e. The quantitative estimate of drug-likeness (QED) is 0.330. The third kappa shape index (κ3) is 10.1. The first-order chi connectivity index (χ1) is 13.4. The predicted octanol–water partition coefficient (Wildman–Crippen LogP) is 4.93. The van der Waals surface area contributed by atoms with Crippen LogP contribution in [0, 0.1) is 5.92 Å². The highest BCUT2D eigenvalue weighted by molar-refractivity contribution is 6.75. The van der Waals surface area contributed by atoms with Gasteiger partial charge in [0.05, 0.1) is 5.92 Å². The highest BCUT2D eigenvalue weighted by Gasteiger charge is 2.41. The van der Waals surface area contributed by atoms with E-state index in [1.807, 2.05) is 27.7 Å². The zero-order chi connectivity index (χ0) is 22.7. The van der Waals surface area contributed by atoms with Crippen LogP contribution in [0.2, 0.25) is 24.2 Å². The van der Waals surface area contributed by atoms with Crippen LogP contribution < -0.4 is 0 Å². The number of carbonyl (C=O) groups is 1. The van der Waals surface area contributed by atoms with Gasteiger partial charge in [0.25, 0.3) is 14.3 Å². The molecule has 0 aliphatic heterocycles. The number of hydrogen-bond acceptors (Lipinski definition) is 6. The molecule has 0 N–H and O–H groups in total. The molecule has 0 aliphatic rings. The number of carbonyl (C=O) groups excluding carboxylic acids is 1. The molecule has 29 heavy (non-hydrogen) atoms. The molecule has 0 heterocycles. The first-order valence-corrected chi connectivity index (χ1v) is 16.1. The van der Waals surface area contributed by atoms with Crippen LogP contribution in [0.1, 0.15) is 61.8 Å². The van der Waals surface area contributed by atoms with E-state index in [1.165, 1.54) is 0 Å². The summed E-state index contributed by atoms with van der Waals surface area (Å²) in [5, 5.41) is 0.0264. The second-order valence-electron chi connectivity index (χ2n) is 9.06. The Morgan fingerprint density at radius 1 is 0.966 bits per heavy atom. The number of rotatable bonds is 15. The van der Waals surface area contributed by atoms with Gasteiger partial charge < -0.3 is 22.6 Å². The molecule has 0 spiro atoms. The summed E-state index contributed by atoms with van der Waals surface area (Å²) in [6.45, 7) is 25.0. The smallest absolute Gasteiger partial charge is 0.500 e.